The van der Waals surface area contributed by atoms with E-state index in [4.69, 9.17) is 10.8 Å². The van der Waals surface area contributed by atoms with Crippen molar-refractivity contribution in [3.05, 3.63) is 34.9 Å². The first-order chi connectivity index (χ1) is 9.97. The molecule has 1 saturated carbocycles. The van der Waals surface area contributed by atoms with Crippen molar-refractivity contribution in [1.29, 1.82) is 0 Å². The highest BCUT2D eigenvalue weighted by molar-refractivity contribution is 5.88. The molecule has 5 nitrogen and oxygen atoms in total. The van der Waals surface area contributed by atoms with Crippen LogP contribution in [0.15, 0.2) is 18.2 Å². The van der Waals surface area contributed by atoms with Crippen LogP contribution in [0.1, 0.15) is 53.6 Å². The molecule has 0 saturated heterocycles. The molecule has 0 unspecified atom stereocenters. The smallest absolute Gasteiger partial charge is 0.335 e. The normalized spacial score (nSPS) is 19.6. The van der Waals surface area contributed by atoms with Crippen molar-refractivity contribution in [2.75, 3.05) is 0 Å². The maximum atomic E-state index is 12.4. The standard InChI is InChI=1S/C16H20N2O3/c17-16(5-1-2-6-16)8-14(19)18-9-12-4-3-11(15(20)21)7-13(12)10-18/h3-4,7H,1-2,5-6,8-10,17H2,(H,20,21). The molecule has 2 aliphatic rings. The van der Waals surface area contributed by atoms with Crippen LogP contribution in [-0.2, 0) is 17.9 Å². The molecule has 1 amide bonds. The molecule has 1 aromatic rings. The molecule has 5 heteroatoms. The third kappa shape index (κ3) is 2.78. The predicted octanol–water partition coefficient (Wildman–Crippen LogP) is 1.89. The summed E-state index contributed by atoms with van der Waals surface area (Å²) in [4.78, 5) is 25.2. The van der Waals surface area contributed by atoms with Crippen LogP contribution in [0.4, 0.5) is 0 Å². The fraction of sp³-hybridized carbons (Fsp3) is 0.500. The van der Waals surface area contributed by atoms with Crippen molar-refractivity contribution in [3.8, 4) is 0 Å². The molecule has 1 aromatic carbocycles. The van der Waals surface area contributed by atoms with Gasteiger partial charge < -0.3 is 15.7 Å². The molecule has 1 fully saturated rings. The monoisotopic (exact) mass is 288 g/mol. The second kappa shape index (κ2) is 5.15. The van der Waals surface area contributed by atoms with Crippen molar-refractivity contribution < 1.29 is 14.7 Å². The van der Waals surface area contributed by atoms with Crippen LogP contribution in [0.25, 0.3) is 0 Å². The number of carboxylic acid groups (broad SMARTS) is 1. The van der Waals surface area contributed by atoms with Gasteiger partial charge in [-0.25, -0.2) is 4.79 Å². The zero-order valence-corrected chi connectivity index (χ0v) is 12.0. The summed E-state index contributed by atoms with van der Waals surface area (Å²) in [5.41, 5.74) is 8.17. The van der Waals surface area contributed by atoms with Gasteiger partial charge in [0.15, 0.2) is 0 Å². The molecule has 3 N–H and O–H groups in total. The molecule has 1 heterocycles. The van der Waals surface area contributed by atoms with E-state index in [9.17, 15) is 9.59 Å². The number of rotatable bonds is 3. The quantitative estimate of drug-likeness (QED) is 0.889. The Balaban J connectivity index is 1.69. The first kappa shape index (κ1) is 14.1. The van der Waals surface area contributed by atoms with Gasteiger partial charge in [-0.3, -0.25) is 4.79 Å². The van der Waals surface area contributed by atoms with Gasteiger partial charge >= 0.3 is 5.97 Å². The number of benzene rings is 1. The minimum Gasteiger partial charge on any atom is -0.478 e. The summed E-state index contributed by atoms with van der Waals surface area (Å²) < 4.78 is 0. The van der Waals surface area contributed by atoms with Crippen molar-refractivity contribution in [2.24, 2.45) is 5.73 Å². The maximum absolute atomic E-state index is 12.4. The second-order valence-electron chi connectivity index (χ2n) is 6.28. The Morgan fingerprint density at radius 1 is 1.19 bits per heavy atom. The van der Waals surface area contributed by atoms with E-state index in [-0.39, 0.29) is 17.0 Å². The Labute approximate surface area is 123 Å². The van der Waals surface area contributed by atoms with Gasteiger partial charge in [0, 0.05) is 25.0 Å². The minimum absolute atomic E-state index is 0.0764. The molecular formula is C16H20N2O3. The number of fused-ring (bicyclic) bond motifs is 1. The van der Waals surface area contributed by atoms with E-state index >= 15 is 0 Å². The van der Waals surface area contributed by atoms with E-state index in [1.165, 1.54) is 0 Å². The topological polar surface area (TPSA) is 83.6 Å². The van der Waals surface area contributed by atoms with Crippen LogP contribution in [0, 0.1) is 0 Å². The Hall–Kier alpha value is -1.88. The second-order valence-corrected chi connectivity index (χ2v) is 6.28. The summed E-state index contributed by atoms with van der Waals surface area (Å²) in [5, 5.41) is 9.02. The number of carboxylic acids is 1. The third-order valence-electron chi connectivity index (χ3n) is 4.63. The predicted molar refractivity (Wildman–Crippen MR) is 77.7 cm³/mol. The highest BCUT2D eigenvalue weighted by Gasteiger charge is 2.34. The molecule has 3 rings (SSSR count). The van der Waals surface area contributed by atoms with Crippen LogP contribution >= 0.6 is 0 Å². The molecular weight excluding hydrogens is 268 g/mol. The highest BCUT2D eigenvalue weighted by Crippen LogP contribution is 2.32. The first-order valence-electron chi connectivity index (χ1n) is 7.39. The lowest BCUT2D eigenvalue weighted by Crippen LogP contribution is -2.42. The van der Waals surface area contributed by atoms with Crippen LogP contribution in [-0.4, -0.2) is 27.4 Å². The van der Waals surface area contributed by atoms with E-state index in [1.54, 1.807) is 23.1 Å². The lowest BCUT2D eigenvalue weighted by molar-refractivity contribution is -0.133. The molecule has 0 atom stereocenters. The first-order valence-corrected chi connectivity index (χ1v) is 7.39. The number of hydrogen-bond donors (Lipinski definition) is 2. The van der Waals surface area contributed by atoms with E-state index < -0.39 is 5.97 Å². The van der Waals surface area contributed by atoms with Gasteiger partial charge in [-0.2, -0.15) is 0 Å². The summed E-state index contributed by atoms with van der Waals surface area (Å²) in [6.07, 6.45) is 4.44. The largest absolute Gasteiger partial charge is 0.478 e. The lowest BCUT2D eigenvalue weighted by atomic mass is 9.94. The zero-order chi connectivity index (χ0) is 15.0. The zero-order valence-electron chi connectivity index (χ0n) is 12.0. The summed E-state index contributed by atoms with van der Waals surface area (Å²) in [6.45, 7) is 1.05. The van der Waals surface area contributed by atoms with Gasteiger partial charge in [0.2, 0.25) is 5.91 Å². The van der Waals surface area contributed by atoms with Crippen molar-refractivity contribution in [1.82, 2.24) is 4.90 Å². The SMILES string of the molecule is NC1(CC(=O)N2Cc3ccc(C(=O)O)cc3C2)CCCC1. The van der Waals surface area contributed by atoms with Gasteiger partial charge in [-0.15, -0.1) is 0 Å². The highest BCUT2D eigenvalue weighted by atomic mass is 16.4. The van der Waals surface area contributed by atoms with Gasteiger partial charge in [-0.1, -0.05) is 18.9 Å². The molecule has 0 aromatic heterocycles. The van der Waals surface area contributed by atoms with Crippen LogP contribution in [0.2, 0.25) is 0 Å². The Bertz CT molecular complexity index is 591. The molecule has 112 valence electrons. The molecule has 0 radical (unpaired) electrons. The van der Waals surface area contributed by atoms with Crippen LogP contribution < -0.4 is 5.73 Å². The Kier molecular flexibility index (Phi) is 3.45. The summed E-state index contributed by atoms with van der Waals surface area (Å²) in [7, 11) is 0. The van der Waals surface area contributed by atoms with Crippen molar-refractivity contribution >= 4 is 11.9 Å². The fourth-order valence-corrected chi connectivity index (χ4v) is 3.37. The fourth-order valence-electron chi connectivity index (χ4n) is 3.37. The third-order valence-corrected chi connectivity index (χ3v) is 4.63. The van der Waals surface area contributed by atoms with E-state index in [0.717, 1.165) is 36.8 Å². The average Bonchev–Trinajstić information content (AvgIpc) is 3.03. The number of carbonyl (C=O) groups is 2. The van der Waals surface area contributed by atoms with Crippen molar-refractivity contribution in [3.63, 3.8) is 0 Å². The van der Waals surface area contributed by atoms with Gasteiger partial charge in [0.1, 0.15) is 0 Å². The number of carbonyl (C=O) groups excluding carboxylic acids is 1. The van der Waals surface area contributed by atoms with Gasteiger partial charge in [0.25, 0.3) is 0 Å². The number of amides is 1. The van der Waals surface area contributed by atoms with E-state index in [2.05, 4.69) is 0 Å². The lowest BCUT2D eigenvalue weighted by Gasteiger charge is -2.26. The van der Waals surface area contributed by atoms with Crippen LogP contribution in [0.5, 0.6) is 0 Å². The number of hydrogen-bond acceptors (Lipinski definition) is 3. The molecule has 0 bridgehead atoms. The maximum Gasteiger partial charge on any atom is 0.335 e. The molecule has 21 heavy (non-hydrogen) atoms. The molecule has 1 aliphatic heterocycles. The number of nitrogens with zero attached hydrogens (tertiary/aromatic N) is 1. The number of aromatic carboxylic acids is 1. The summed E-state index contributed by atoms with van der Waals surface area (Å²) in [6, 6.07) is 5.06. The Morgan fingerprint density at radius 2 is 1.86 bits per heavy atom. The average molecular weight is 288 g/mol. The van der Waals surface area contributed by atoms with Gasteiger partial charge in [-0.05, 0) is 36.1 Å². The van der Waals surface area contributed by atoms with Crippen molar-refractivity contribution in [2.45, 2.75) is 50.7 Å². The number of nitrogens with two attached hydrogens (primary N) is 1. The minimum atomic E-state index is -0.936. The van der Waals surface area contributed by atoms with Gasteiger partial charge in [0.05, 0.1) is 5.56 Å². The Morgan fingerprint density at radius 3 is 2.52 bits per heavy atom. The summed E-state index contributed by atoms with van der Waals surface area (Å²) in [5.74, 6) is -0.859. The molecule has 0 spiro atoms. The van der Waals surface area contributed by atoms with E-state index in [0.29, 0.717) is 19.5 Å². The molecule has 1 aliphatic carbocycles. The van der Waals surface area contributed by atoms with Crippen LogP contribution in [0.3, 0.4) is 0 Å². The van der Waals surface area contributed by atoms with E-state index in [1.807, 2.05) is 0 Å². The summed E-state index contributed by atoms with van der Waals surface area (Å²) >= 11 is 0.